The predicted molar refractivity (Wildman–Crippen MR) is 69.6 cm³/mol. The molecule has 1 aromatic rings. The van der Waals surface area contributed by atoms with Crippen LogP contribution >= 0.6 is 0 Å². The summed E-state index contributed by atoms with van der Waals surface area (Å²) in [6.07, 6.45) is 1.43. The molecule has 1 aromatic carbocycles. The standard InChI is InChI=1S/C14H15NO4/c1-4-14(17)15-10-7-11(16)9-6-13(19-3)12(18-2)5-8(9)10/h4-6,10H,1,7H2,2-3H3,(H,15,17). The average Bonchev–Trinajstić information content (AvgIpc) is 2.73. The fraction of sp³-hybridized carbons (Fsp3) is 0.286. The van der Waals surface area contributed by atoms with Crippen LogP contribution in [0.1, 0.15) is 28.4 Å². The Morgan fingerprint density at radius 2 is 2.00 bits per heavy atom. The molecule has 0 heterocycles. The van der Waals surface area contributed by atoms with Crippen LogP contribution in [-0.2, 0) is 4.79 Å². The monoisotopic (exact) mass is 261 g/mol. The van der Waals surface area contributed by atoms with Gasteiger partial charge in [-0.25, -0.2) is 0 Å². The maximum atomic E-state index is 11.9. The molecule has 1 aliphatic rings. The molecule has 1 N–H and O–H groups in total. The Hall–Kier alpha value is -2.30. The summed E-state index contributed by atoms with van der Waals surface area (Å²) in [4.78, 5) is 23.3. The van der Waals surface area contributed by atoms with E-state index in [1.54, 1.807) is 12.1 Å². The van der Waals surface area contributed by atoms with E-state index in [1.165, 1.54) is 20.3 Å². The lowest BCUT2D eigenvalue weighted by molar-refractivity contribution is -0.117. The van der Waals surface area contributed by atoms with Crippen molar-refractivity contribution in [2.75, 3.05) is 14.2 Å². The van der Waals surface area contributed by atoms with E-state index in [0.717, 1.165) is 5.56 Å². The van der Waals surface area contributed by atoms with E-state index in [1.807, 2.05) is 0 Å². The molecule has 19 heavy (non-hydrogen) atoms. The highest BCUT2D eigenvalue weighted by molar-refractivity contribution is 6.02. The molecule has 1 atom stereocenters. The van der Waals surface area contributed by atoms with E-state index in [2.05, 4.69) is 11.9 Å². The van der Waals surface area contributed by atoms with Gasteiger partial charge in [0.1, 0.15) is 0 Å². The van der Waals surface area contributed by atoms with Crippen LogP contribution < -0.4 is 14.8 Å². The molecule has 5 heteroatoms. The molecule has 0 bridgehead atoms. The largest absolute Gasteiger partial charge is 0.493 e. The van der Waals surface area contributed by atoms with Gasteiger partial charge >= 0.3 is 0 Å². The summed E-state index contributed by atoms with van der Waals surface area (Å²) in [5.74, 6) is 0.713. The van der Waals surface area contributed by atoms with Crippen molar-refractivity contribution in [3.8, 4) is 11.5 Å². The molecule has 2 rings (SSSR count). The van der Waals surface area contributed by atoms with Gasteiger partial charge in [-0.3, -0.25) is 9.59 Å². The second-order valence-electron chi connectivity index (χ2n) is 4.19. The van der Waals surface area contributed by atoms with Crippen LogP contribution in [0.2, 0.25) is 0 Å². The molecular formula is C14H15NO4. The lowest BCUT2D eigenvalue weighted by Gasteiger charge is -2.14. The van der Waals surface area contributed by atoms with Gasteiger partial charge in [0.15, 0.2) is 17.3 Å². The van der Waals surface area contributed by atoms with Crippen molar-refractivity contribution >= 4 is 11.7 Å². The molecule has 1 unspecified atom stereocenters. The maximum Gasteiger partial charge on any atom is 0.243 e. The molecule has 0 radical (unpaired) electrons. The summed E-state index contributed by atoms with van der Waals surface area (Å²) < 4.78 is 10.4. The molecular weight excluding hydrogens is 246 g/mol. The zero-order valence-electron chi connectivity index (χ0n) is 10.9. The van der Waals surface area contributed by atoms with E-state index < -0.39 is 0 Å². The summed E-state index contributed by atoms with van der Waals surface area (Å²) in [6.45, 7) is 3.40. The number of ether oxygens (including phenoxy) is 2. The number of nitrogens with one attached hydrogen (secondary N) is 1. The second-order valence-corrected chi connectivity index (χ2v) is 4.19. The van der Waals surface area contributed by atoms with E-state index in [0.29, 0.717) is 17.1 Å². The smallest absolute Gasteiger partial charge is 0.243 e. The normalized spacial score (nSPS) is 16.7. The number of Topliss-reactive ketones (excluding diaryl/α,β-unsaturated/α-hetero) is 1. The summed E-state index contributed by atoms with van der Waals surface area (Å²) in [5.41, 5.74) is 1.31. The number of carbonyl (C=O) groups is 2. The lowest BCUT2D eigenvalue weighted by atomic mass is 10.1. The summed E-state index contributed by atoms with van der Waals surface area (Å²) in [6, 6.07) is 3.04. The molecule has 0 aromatic heterocycles. The number of fused-ring (bicyclic) bond motifs is 1. The minimum Gasteiger partial charge on any atom is -0.493 e. The lowest BCUT2D eigenvalue weighted by Crippen LogP contribution is -2.25. The minimum absolute atomic E-state index is 0.0229. The molecule has 1 aliphatic carbocycles. The Morgan fingerprint density at radius 3 is 2.58 bits per heavy atom. The maximum absolute atomic E-state index is 11.9. The van der Waals surface area contributed by atoms with Gasteiger partial charge in [0.2, 0.25) is 5.91 Å². The Kier molecular flexibility index (Phi) is 3.55. The van der Waals surface area contributed by atoms with Crippen LogP contribution in [0, 0.1) is 0 Å². The van der Waals surface area contributed by atoms with Crippen LogP contribution in [-0.4, -0.2) is 25.9 Å². The topological polar surface area (TPSA) is 64.6 Å². The summed E-state index contributed by atoms with van der Waals surface area (Å²) in [5, 5.41) is 2.73. The number of amides is 1. The highest BCUT2D eigenvalue weighted by atomic mass is 16.5. The molecule has 0 saturated heterocycles. The van der Waals surface area contributed by atoms with Crippen LogP contribution in [0.15, 0.2) is 24.8 Å². The van der Waals surface area contributed by atoms with Gasteiger partial charge in [0, 0.05) is 12.0 Å². The summed E-state index contributed by atoms with van der Waals surface area (Å²) in [7, 11) is 3.04. The fourth-order valence-corrected chi connectivity index (χ4v) is 2.19. The molecule has 5 nitrogen and oxygen atoms in total. The average molecular weight is 261 g/mol. The Morgan fingerprint density at radius 1 is 1.37 bits per heavy atom. The molecule has 0 spiro atoms. The zero-order valence-corrected chi connectivity index (χ0v) is 10.9. The van der Waals surface area contributed by atoms with Gasteiger partial charge in [0.05, 0.1) is 20.3 Å². The second kappa shape index (κ2) is 5.14. The van der Waals surface area contributed by atoms with Gasteiger partial charge in [-0.05, 0) is 23.8 Å². The SMILES string of the molecule is C=CC(=O)NC1CC(=O)c2cc(OC)c(OC)cc21. The van der Waals surface area contributed by atoms with Crippen molar-refractivity contribution in [2.45, 2.75) is 12.5 Å². The number of benzene rings is 1. The van der Waals surface area contributed by atoms with Gasteiger partial charge in [-0.1, -0.05) is 6.58 Å². The third kappa shape index (κ3) is 2.31. The Balaban J connectivity index is 2.42. The number of hydrogen-bond acceptors (Lipinski definition) is 4. The summed E-state index contributed by atoms with van der Waals surface area (Å²) >= 11 is 0. The molecule has 1 amide bonds. The van der Waals surface area contributed by atoms with Crippen molar-refractivity contribution < 1.29 is 19.1 Å². The number of rotatable bonds is 4. The first-order valence-corrected chi connectivity index (χ1v) is 5.82. The third-order valence-corrected chi connectivity index (χ3v) is 3.12. The Labute approximate surface area is 111 Å². The third-order valence-electron chi connectivity index (χ3n) is 3.12. The van der Waals surface area contributed by atoms with Crippen LogP contribution in [0.3, 0.4) is 0 Å². The van der Waals surface area contributed by atoms with Crippen molar-refractivity contribution in [2.24, 2.45) is 0 Å². The minimum atomic E-state index is -0.340. The van der Waals surface area contributed by atoms with Crippen LogP contribution in [0.5, 0.6) is 11.5 Å². The first-order chi connectivity index (χ1) is 9.10. The van der Waals surface area contributed by atoms with Gasteiger partial charge in [-0.2, -0.15) is 0 Å². The van der Waals surface area contributed by atoms with Crippen molar-refractivity contribution in [1.29, 1.82) is 0 Å². The van der Waals surface area contributed by atoms with Crippen molar-refractivity contribution in [3.63, 3.8) is 0 Å². The van der Waals surface area contributed by atoms with Crippen molar-refractivity contribution in [3.05, 3.63) is 35.9 Å². The molecule has 0 fully saturated rings. The fourth-order valence-electron chi connectivity index (χ4n) is 2.19. The van der Waals surface area contributed by atoms with E-state index >= 15 is 0 Å². The Bertz CT molecular complexity index is 551. The van der Waals surface area contributed by atoms with Gasteiger partial charge in [-0.15, -0.1) is 0 Å². The first kappa shape index (κ1) is 13.1. The number of hydrogen-bond donors (Lipinski definition) is 1. The van der Waals surface area contributed by atoms with E-state index in [-0.39, 0.29) is 24.2 Å². The van der Waals surface area contributed by atoms with Gasteiger partial charge in [0.25, 0.3) is 0 Å². The number of ketones is 1. The number of carbonyl (C=O) groups excluding carboxylic acids is 2. The molecule has 0 aliphatic heterocycles. The van der Waals surface area contributed by atoms with E-state index in [9.17, 15) is 9.59 Å². The highest BCUT2D eigenvalue weighted by Crippen LogP contribution is 2.39. The molecule has 100 valence electrons. The number of methoxy groups -OCH3 is 2. The quantitative estimate of drug-likeness (QED) is 0.837. The highest BCUT2D eigenvalue weighted by Gasteiger charge is 2.31. The first-order valence-electron chi connectivity index (χ1n) is 5.82. The predicted octanol–water partition coefficient (Wildman–Crippen LogP) is 1.63. The van der Waals surface area contributed by atoms with Crippen LogP contribution in [0.25, 0.3) is 0 Å². The zero-order chi connectivity index (χ0) is 14.0. The van der Waals surface area contributed by atoms with E-state index in [4.69, 9.17) is 9.47 Å². The van der Waals surface area contributed by atoms with Gasteiger partial charge < -0.3 is 14.8 Å². The van der Waals surface area contributed by atoms with Crippen LogP contribution in [0.4, 0.5) is 0 Å². The van der Waals surface area contributed by atoms with Crippen molar-refractivity contribution in [1.82, 2.24) is 5.32 Å². The molecule has 0 saturated carbocycles.